The smallest absolute Gasteiger partial charge is 0.194 e. The van der Waals surface area contributed by atoms with Crippen molar-refractivity contribution in [1.29, 1.82) is 0 Å². The second kappa shape index (κ2) is 3.84. The van der Waals surface area contributed by atoms with Crippen LogP contribution in [0.3, 0.4) is 0 Å². The Balaban J connectivity index is 1.88. The van der Waals surface area contributed by atoms with Gasteiger partial charge < -0.3 is 10.1 Å². The Labute approximate surface area is 98.3 Å². The zero-order valence-corrected chi connectivity index (χ0v) is 10.3. The molecule has 1 N–H and O–H groups in total. The van der Waals surface area contributed by atoms with E-state index in [9.17, 15) is 0 Å². The summed E-state index contributed by atoms with van der Waals surface area (Å²) in [7, 11) is 0. The molecule has 0 radical (unpaired) electrons. The summed E-state index contributed by atoms with van der Waals surface area (Å²) in [6.45, 7) is 6.75. The molecule has 0 amide bonds. The average molecular weight is 237 g/mol. The molecule has 2 aromatic rings. The maximum absolute atomic E-state index is 5.15. The van der Waals surface area contributed by atoms with Gasteiger partial charge in [-0.05, 0) is 13.8 Å². The van der Waals surface area contributed by atoms with Gasteiger partial charge in [-0.1, -0.05) is 0 Å². The van der Waals surface area contributed by atoms with Crippen LogP contribution in [0.25, 0.3) is 4.96 Å². The molecule has 0 spiro atoms. The van der Waals surface area contributed by atoms with E-state index in [2.05, 4.69) is 33.9 Å². The number of thiazole rings is 1. The highest BCUT2D eigenvalue weighted by atomic mass is 32.1. The molecular weight excluding hydrogens is 222 g/mol. The summed E-state index contributed by atoms with van der Waals surface area (Å²) in [5, 5.41) is 5.64. The first kappa shape index (κ1) is 10.3. The van der Waals surface area contributed by atoms with Crippen LogP contribution in [0.15, 0.2) is 5.38 Å². The molecule has 2 aromatic heterocycles. The quantitative estimate of drug-likeness (QED) is 0.879. The molecule has 1 saturated heterocycles. The second-order valence-electron chi connectivity index (χ2n) is 4.25. The van der Waals surface area contributed by atoms with Gasteiger partial charge >= 0.3 is 0 Å². The molecule has 1 aliphatic heterocycles. The van der Waals surface area contributed by atoms with Crippen molar-refractivity contribution in [2.45, 2.75) is 26.4 Å². The van der Waals surface area contributed by atoms with Crippen molar-refractivity contribution in [2.24, 2.45) is 0 Å². The first-order valence-electron chi connectivity index (χ1n) is 5.49. The lowest BCUT2D eigenvalue weighted by Gasteiger charge is -2.26. The van der Waals surface area contributed by atoms with Gasteiger partial charge in [0.25, 0.3) is 0 Å². The Bertz CT molecular complexity index is 512. The molecule has 86 valence electrons. The van der Waals surface area contributed by atoms with Gasteiger partial charge in [0.15, 0.2) is 4.96 Å². The second-order valence-corrected chi connectivity index (χ2v) is 5.09. The monoisotopic (exact) mass is 237 g/mol. The fourth-order valence-corrected chi connectivity index (χ4v) is 2.90. The highest BCUT2D eigenvalue weighted by Crippen LogP contribution is 2.20. The van der Waals surface area contributed by atoms with Crippen LogP contribution in [0, 0.1) is 13.8 Å². The van der Waals surface area contributed by atoms with E-state index in [1.807, 2.05) is 0 Å². The summed E-state index contributed by atoms with van der Waals surface area (Å²) >= 11 is 1.70. The van der Waals surface area contributed by atoms with E-state index in [0.29, 0.717) is 6.04 Å². The van der Waals surface area contributed by atoms with Crippen molar-refractivity contribution in [3.8, 4) is 0 Å². The number of ether oxygens (including phenoxy) is 1. The Morgan fingerprint density at radius 3 is 3.06 bits per heavy atom. The topological polar surface area (TPSA) is 38.6 Å². The van der Waals surface area contributed by atoms with E-state index >= 15 is 0 Å². The predicted octanol–water partition coefficient (Wildman–Crippen LogP) is 1.50. The van der Waals surface area contributed by atoms with Crippen molar-refractivity contribution in [1.82, 2.24) is 14.7 Å². The number of nitrogens with one attached hydrogen (secondary N) is 1. The van der Waals surface area contributed by atoms with E-state index < -0.39 is 0 Å². The van der Waals surface area contributed by atoms with Crippen LogP contribution < -0.4 is 5.32 Å². The summed E-state index contributed by atoms with van der Waals surface area (Å²) in [5.41, 5.74) is 3.67. The van der Waals surface area contributed by atoms with E-state index in [4.69, 9.17) is 4.74 Å². The van der Waals surface area contributed by atoms with Gasteiger partial charge in [-0.3, -0.25) is 4.40 Å². The van der Waals surface area contributed by atoms with Crippen molar-refractivity contribution < 1.29 is 4.74 Å². The van der Waals surface area contributed by atoms with Gasteiger partial charge in [0.1, 0.15) is 0 Å². The van der Waals surface area contributed by atoms with Crippen LogP contribution in [0.1, 0.15) is 17.1 Å². The third-order valence-electron chi connectivity index (χ3n) is 3.03. The molecule has 16 heavy (non-hydrogen) atoms. The highest BCUT2D eigenvalue weighted by molar-refractivity contribution is 7.15. The van der Waals surface area contributed by atoms with Crippen LogP contribution >= 0.6 is 11.3 Å². The SMILES string of the molecule is Cc1nc2scc(C)n2c1CNC1COC1. The lowest BCUT2D eigenvalue weighted by Crippen LogP contribution is -2.45. The first-order valence-corrected chi connectivity index (χ1v) is 6.37. The molecule has 5 heteroatoms. The first-order chi connectivity index (χ1) is 7.75. The van der Waals surface area contributed by atoms with Gasteiger partial charge in [0.05, 0.1) is 30.6 Å². The minimum absolute atomic E-state index is 0.517. The Kier molecular flexibility index (Phi) is 2.46. The maximum atomic E-state index is 5.15. The molecule has 3 rings (SSSR count). The van der Waals surface area contributed by atoms with Gasteiger partial charge in [-0.25, -0.2) is 4.98 Å². The van der Waals surface area contributed by atoms with E-state index in [-0.39, 0.29) is 0 Å². The fraction of sp³-hybridized carbons (Fsp3) is 0.545. The number of nitrogens with zero attached hydrogens (tertiary/aromatic N) is 2. The van der Waals surface area contributed by atoms with Gasteiger partial charge in [-0.2, -0.15) is 0 Å². The summed E-state index contributed by atoms with van der Waals surface area (Å²) in [5.74, 6) is 0. The Hall–Kier alpha value is -0.910. The third-order valence-corrected chi connectivity index (χ3v) is 3.97. The zero-order chi connectivity index (χ0) is 11.1. The lowest BCUT2D eigenvalue weighted by molar-refractivity contribution is -0.00595. The summed E-state index contributed by atoms with van der Waals surface area (Å²) in [6.07, 6.45) is 0. The van der Waals surface area contributed by atoms with Crippen molar-refractivity contribution in [3.05, 3.63) is 22.5 Å². The molecule has 0 bridgehead atoms. The van der Waals surface area contributed by atoms with Crippen molar-refractivity contribution in [2.75, 3.05) is 13.2 Å². The maximum Gasteiger partial charge on any atom is 0.194 e. The van der Waals surface area contributed by atoms with Crippen molar-refractivity contribution in [3.63, 3.8) is 0 Å². The standard InChI is InChI=1S/C11H15N3OS/c1-7-6-16-11-13-8(2)10(14(7)11)3-12-9-4-15-5-9/h6,9,12H,3-5H2,1-2H3. The third kappa shape index (κ3) is 1.55. The molecule has 0 unspecified atom stereocenters. The molecule has 4 nitrogen and oxygen atoms in total. The number of fused-ring (bicyclic) bond motifs is 1. The molecule has 0 atom stereocenters. The molecule has 0 aliphatic carbocycles. The summed E-state index contributed by atoms with van der Waals surface area (Å²) in [6, 6.07) is 0.517. The molecule has 1 fully saturated rings. The van der Waals surface area contributed by atoms with E-state index in [1.54, 1.807) is 11.3 Å². The number of rotatable bonds is 3. The van der Waals surface area contributed by atoms with Gasteiger partial charge in [0.2, 0.25) is 0 Å². The fourth-order valence-electron chi connectivity index (χ4n) is 1.97. The molecule has 3 heterocycles. The molecule has 0 aromatic carbocycles. The molecular formula is C11H15N3OS. The zero-order valence-electron chi connectivity index (χ0n) is 9.49. The number of hydrogen-bond donors (Lipinski definition) is 1. The van der Waals surface area contributed by atoms with Crippen LogP contribution in [-0.2, 0) is 11.3 Å². The summed E-state index contributed by atoms with van der Waals surface area (Å²) < 4.78 is 7.39. The number of hydrogen-bond acceptors (Lipinski definition) is 4. The van der Waals surface area contributed by atoms with Crippen LogP contribution in [0.5, 0.6) is 0 Å². The Morgan fingerprint density at radius 2 is 2.38 bits per heavy atom. The number of imidazole rings is 1. The largest absolute Gasteiger partial charge is 0.378 e. The predicted molar refractivity (Wildman–Crippen MR) is 64.0 cm³/mol. The normalized spacial score (nSPS) is 16.9. The van der Waals surface area contributed by atoms with Gasteiger partial charge in [0, 0.05) is 17.6 Å². The number of aryl methyl sites for hydroxylation is 2. The number of aromatic nitrogens is 2. The molecule has 1 aliphatic rings. The minimum Gasteiger partial charge on any atom is -0.378 e. The van der Waals surface area contributed by atoms with Gasteiger partial charge in [-0.15, -0.1) is 11.3 Å². The van der Waals surface area contributed by atoms with Crippen LogP contribution in [-0.4, -0.2) is 28.6 Å². The average Bonchev–Trinajstić information content (AvgIpc) is 2.66. The van der Waals surface area contributed by atoms with Crippen LogP contribution in [0.4, 0.5) is 0 Å². The Morgan fingerprint density at radius 1 is 1.56 bits per heavy atom. The molecule has 0 saturated carbocycles. The highest BCUT2D eigenvalue weighted by Gasteiger charge is 2.19. The lowest BCUT2D eigenvalue weighted by atomic mass is 10.2. The van der Waals surface area contributed by atoms with E-state index in [0.717, 1.165) is 30.4 Å². The van der Waals surface area contributed by atoms with E-state index in [1.165, 1.54) is 11.4 Å². The summed E-state index contributed by atoms with van der Waals surface area (Å²) in [4.78, 5) is 5.66. The van der Waals surface area contributed by atoms with Crippen LogP contribution in [0.2, 0.25) is 0 Å². The van der Waals surface area contributed by atoms with Crippen molar-refractivity contribution >= 4 is 16.3 Å². The minimum atomic E-state index is 0.517.